The van der Waals surface area contributed by atoms with E-state index in [0.29, 0.717) is 5.56 Å². The average Bonchev–Trinajstić information content (AvgIpc) is 3.07. The molecule has 0 saturated carbocycles. The summed E-state index contributed by atoms with van der Waals surface area (Å²) in [6.07, 6.45) is -4.81. The minimum absolute atomic E-state index is 0.0314. The maximum Gasteiger partial charge on any atom is 0.573 e. The van der Waals surface area contributed by atoms with Gasteiger partial charge in [0.2, 0.25) is 11.1 Å². The summed E-state index contributed by atoms with van der Waals surface area (Å²) in [6.45, 7) is -2.95. The molecule has 0 aliphatic rings. The van der Waals surface area contributed by atoms with E-state index in [1.54, 1.807) is 0 Å². The fraction of sp³-hybridized carbons (Fsp3) is 0.167. The first-order valence-corrected chi connectivity index (χ1v) is 9.63. The number of anilines is 1. The molecular formula is C18H14F5N5O3S. The zero-order chi connectivity index (χ0) is 23.3. The predicted octanol–water partition coefficient (Wildman–Crippen LogP) is 3.89. The van der Waals surface area contributed by atoms with E-state index in [2.05, 4.69) is 25.0 Å². The van der Waals surface area contributed by atoms with Crippen molar-refractivity contribution >= 4 is 23.4 Å². The van der Waals surface area contributed by atoms with Gasteiger partial charge >= 0.3 is 13.0 Å². The molecule has 0 saturated heterocycles. The van der Waals surface area contributed by atoms with E-state index in [9.17, 15) is 26.7 Å². The van der Waals surface area contributed by atoms with Crippen LogP contribution in [0.3, 0.4) is 0 Å². The van der Waals surface area contributed by atoms with Crippen molar-refractivity contribution in [3.05, 3.63) is 48.5 Å². The van der Waals surface area contributed by atoms with Crippen LogP contribution in [0.15, 0.2) is 53.7 Å². The van der Waals surface area contributed by atoms with E-state index < -0.39 is 24.6 Å². The zero-order valence-electron chi connectivity index (χ0n) is 15.8. The van der Waals surface area contributed by atoms with Gasteiger partial charge in [-0.1, -0.05) is 11.8 Å². The smallest absolute Gasteiger partial charge is 0.435 e. The summed E-state index contributed by atoms with van der Waals surface area (Å²) in [5.74, 6) is 5.16. The summed E-state index contributed by atoms with van der Waals surface area (Å²) < 4.78 is 70.1. The van der Waals surface area contributed by atoms with Crippen LogP contribution in [0, 0.1) is 0 Å². The van der Waals surface area contributed by atoms with Crippen LogP contribution in [0.4, 0.5) is 27.6 Å². The van der Waals surface area contributed by atoms with Crippen LogP contribution in [0.1, 0.15) is 0 Å². The second kappa shape index (κ2) is 9.72. The second-order valence-electron chi connectivity index (χ2n) is 5.99. The Bertz CT molecular complexity index is 1060. The Hall–Kier alpha value is -3.55. The average molecular weight is 475 g/mol. The lowest BCUT2D eigenvalue weighted by molar-refractivity contribution is -0.274. The van der Waals surface area contributed by atoms with Crippen LogP contribution < -0.4 is 20.6 Å². The number of carbonyl (C=O) groups excluding carboxylic acids is 1. The second-order valence-corrected chi connectivity index (χ2v) is 6.93. The summed E-state index contributed by atoms with van der Waals surface area (Å²) in [5, 5.41) is 10.5. The molecule has 14 heteroatoms. The van der Waals surface area contributed by atoms with Gasteiger partial charge in [0.15, 0.2) is 5.82 Å². The van der Waals surface area contributed by atoms with Crippen molar-refractivity contribution in [1.29, 1.82) is 0 Å². The molecule has 1 amide bonds. The first-order chi connectivity index (χ1) is 15.1. The fourth-order valence-corrected chi connectivity index (χ4v) is 3.08. The number of halogens is 5. The molecule has 0 aliphatic carbocycles. The van der Waals surface area contributed by atoms with Crippen molar-refractivity contribution in [2.75, 3.05) is 16.9 Å². The Balaban J connectivity index is 1.56. The van der Waals surface area contributed by atoms with Gasteiger partial charge in [0.1, 0.15) is 11.5 Å². The van der Waals surface area contributed by atoms with Gasteiger partial charge in [0.05, 0.1) is 5.75 Å². The number of amides is 1. The van der Waals surface area contributed by atoms with E-state index in [-0.39, 0.29) is 28.2 Å². The lowest BCUT2D eigenvalue weighted by atomic mass is 10.2. The molecular weight excluding hydrogens is 461 g/mol. The van der Waals surface area contributed by atoms with Gasteiger partial charge in [0, 0.05) is 11.3 Å². The summed E-state index contributed by atoms with van der Waals surface area (Å²) in [4.78, 5) is 12.1. The molecule has 3 aromatic rings. The first kappa shape index (κ1) is 23.1. The number of nitrogens with one attached hydrogen (secondary N) is 1. The Morgan fingerprint density at radius 2 is 1.69 bits per heavy atom. The van der Waals surface area contributed by atoms with Crippen molar-refractivity contribution in [2.24, 2.45) is 0 Å². The van der Waals surface area contributed by atoms with Crippen LogP contribution in [-0.4, -0.2) is 39.5 Å². The van der Waals surface area contributed by atoms with Gasteiger partial charge in [-0.15, -0.1) is 23.4 Å². The number of rotatable bonds is 8. The van der Waals surface area contributed by atoms with Gasteiger partial charge in [-0.25, -0.2) is 4.68 Å². The molecule has 0 spiro atoms. The minimum atomic E-state index is -4.81. The Morgan fingerprint density at radius 1 is 1.06 bits per heavy atom. The largest absolute Gasteiger partial charge is 0.573 e. The number of alkyl halides is 5. The molecule has 8 nitrogen and oxygen atoms in total. The van der Waals surface area contributed by atoms with Gasteiger partial charge < -0.3 is 20.6 Å². The van der Waals surface area contributed by atoms with Crippen molar-refractivity contribution in [2.45, 2.75) is 18.1 Å². The third kappa shape index (κ3) is 6.47. The van der Waals surface area contributed by atoms with Gasteiger partial charge in [-0.2, -0.15) is 8.78 Å². The molecule has 0 bridgehead atoms. The predicted molar refractivity (Wildman–Crippen MR) is 105 cm³/mol. The minimum Gasteiger partial charge on any atom is -0.435 e. The highest BCUT2D eigenvalue weighted by molar-refractivity contribution is 7.99. The number of carbonyl (C=O) groups is 1. The number of benzene rings is 2. The molecule has 1 heterocycles. The normalized spacial score (nSPS) is 11.4. The van der Waals surface area contributed by atoms with Gasteiger partial charge in [-0.05, 0) is 48.5 Å². The van der Waals surface area contributed by atoms with Crippen LogP contribution in [0.25, 0.3) is 11.4 Å². The van der Waals surface area contributed by atoms with Crippen molar-refractivity contribution < 1.29 is 36.2 Å². The molecule has 3 N–H and O–H groups in total. The molecule has 170 valence electrons. The molecule has 0 fully saturated rings. The highest BCUT2D eigenvalue weighted by Crippen LogP contribution is 2.26. The number of thioether (sulfide) groups is 1. The van der Waals surface area contributed by atoms with E-state index in [0.717, 1.165) is 28.6 Å². The summed E-state index contributed by atoms with van der Waals surface area (Å²) >= 11 is 0.967. The van der Waals surface area contributed by atoms with Crippen molar-refractivity contribution in [3.8, 4) is 22.9 Å². The molecule has 0 atom stereocenters. The first-order valence-electron chi connectivity index (χ1n) is 8.65. The Kier molecular flexibility index (Phi) is 7.02. The number of hydrogen-bond acceptors (Lipinski definition) is 7. The molecule has 2 aromatic carbocycles. The third-order valence-electron chi connectivity index (χ3n) is 3.71. The highest BCUT2D eigenvalue weighted by atomic mass is 32.2. The van der Waals surface area contributed by atoms with E-state index in [1.165, 1.54) is 36.4 Å². The molecule has 32 heavy (non-hydrogen) atoms. The van der Waals surface area contributed by atoms with Crippen LogP contribution in [-0.2, 0) is 4.79 Å². The standard InChI is InChI=1S/C18H14F5N5O3S/c19-16(20)30-12-5-1-10(2-6-12)15-26-27-17(28(15)24)32-9-14(29)25-11-3-7-13(8-4-11)31-18(21,22)23/h1-8,16H,9,24H2,(H,25,29). The third-order valence-corrected chi connectivity index (χ3v) is 4.65. The molecule has 1 aromatic heterocycles. The SMILES string of the molecule is Nn1c(SCC(=O)Nc2ccc(OC(F)(F)F)cc2)nnc1-c1ccc(OC(F)F)cc1. The van der Waals surface area contributed by atoms with Crippen molar-refractivity contribution in [1.82, 2.24) is 14.9 Å². The number of aromatic nitrogens is 3. The molecule has 0 aliphatic heterocycles. The lowest BCUT2D eigenvalue weighted by Gasteiger charge is -2.10. The monoisotopic (exact) mass is 475 g/mol. The maximum atomic E-state index is 12.2. The van der Waals surface area contributed by atoms with Crippen molar-refractivity contribution in [3.63, 3.8) is 0 Å². The van der Waals surface area contributed by atoms with E-state index in [4.69, 9.17) is 5.84 Å². The van der Waals surface area contributed by atoms with Crippen LogP contribution >= 0.6 is 11.8 Å². The maximum absolute atomic E-state index is 12.2. The zero-order valence-corrected chi connectivity index (χ0v) is 16.7. The molecule has 0 unspecified atom stereocenters. The molecule has 3 rings (SSSR count). The van der Waals surface area contributed by atoms with E-state index in [1.807, 2.05) is 0 Å². The Labute approximate surface area is 181 Å². The number of ether oxygens (including phenoxy) is 2. The highest BCUT2D eigenvalue weighted by Gasteiger charge is 2.31. The summed E-state index contributed by atoms with van der Waals surface area (Å²) in [7, 11) is 0. The number of hydrogen-bond donors (Lipinski definition) is 2. The summed E-state index contributed by atoms with van der Waals surface area (Å²) in [5.41, 5.74) is 0.755. The number of nitrogen functional groups attached to an aromatic ring is 1. The number of nitrogens with zero attached hydrogens (tertiary/aromatic N) is 3. The topological polar surface area (TPSA) is 104 Å². The lowest BCUT2D eigenvalue weighted by Crippen LogP contribution is -2.17. The van der Waals surface area contributed by atoms with E-state index >= 15 is 0 Å². The molecule has 0 radical (unpaired) electrons. The van der Waals surface area contributed by atoms with Gasteiger partial charge in [0.25, 0.3) is 0 Å². The number of nitrogens with two attached hydrogens (primary N) is 1. The van der Waals surface area contributed by atoms with Crippen LogP contribution in [0.5, 0.6) is 11.5 Å². The Morgan fingerprint density at radius 3 is 2.28 bits per heavy atom. The quantitative estimate of drug-likeness (QED) is 0.289. The summed E-state index contributed by atoms with van der Waals surface area (Å²) in [6, 6.07) is 10.2. The van der Waals surface area contributed by atoms with Crippen LogP contribution in [0.2, 0.25) is 0 Å². The van der Waals surface area contributed by atoms with Gasteiger partial charge in [-0.3, -0.25) is 4.79 Å². The fourth-order valence-electron chi connectivity index (χ4n) is 2.42.